The summed E-state index contributed by atoms with van der Waals surface area (Å²) < 4.78 is 28.6. The van der Waals surface area contributed by atoms with Crippen LogP contribution in [0.4, 0.5) is 0 Å². The van der Waals surface area contributed by atoms with Gasteiger partial charge in [0.2, 0.25) is 0 Å². The van der Waals surface area contributed by atoms with Crippen LogP contribution in [0.3, 0.4) is 0 Å². The molecule has 0 unspecified atom stereocenters. The maximum atomic E-state index is 13.3. The smallest absolute Gasteiger partial charge is 0.332 e. The molecule has 0 aromatic heterocycles. The number of esters is 1. The maximum absolute atomic E-state index is 13.3. The topological polar surface area (TPSA) is 83.5 Å². The summed E-state index contributed by atoms with van der Waals surface area (Å²) in [6, 6.07) is 14.6. The number of nitrogens with zero attached hydrogens (tertiary/aromatic N) is 1. The number of piperidine rings is 1. The van der Waals surface area contributed by atoms with Gasteiger partial charge < -0.3 is 28.6 Å². The number of hydrogen-bond donors (Lipinski definition) is 0. The van der Waals surface area contributed by atoms with E-state index in [1.807, 2.05) is 39.8 Å². The SMILES string of the molecule is CCOC1=C(c2cc(-c3ccc(OC4CCN(CCOCCOCC(=O)OC(C)(C)C)CC4)cc3)ccc2C)C(=O)CC(C)(C)C1. The third kappa shape index (κ3) is 10.7. The molecular weight excluding hydrogens is 582 g/mol. The highest BCUT2D eigenvalue weighted by atomic mass is 16.6. The zero-order valence-electron chi connectivity index (χ0n) is 28.9. The Hall–Kier alpha value is -3.20. The van der Waals surface area contributed by atoms with Crippen LogP contribution in [0.15, 0.2) is 48.2 Å². The minimum Gasteiger partial charge on any atom is -0.497 e. The number of ether oxygens (including phenoxy) is 5. The zero-order chi connectivity index (χ0) is 33.3. The highest BCUT2D eigenvalue weighted by Crippen LogP contribution is 2.42. The molecule has 4 rings (SSSR count). The van der Waals surface area contributed by atoms with Gasteiger partial charge in [-0.15, -0.1) is 0 Å². The number of ketones is 1. The second kappa shape index (κ2) is 16.1. The van der Waals surface area contributed by atoms with Crippen LogP contribution in [-0.2, 0) is 28.5 Å². The van der Waals surface area contributed by atoms with Gasteiger partial charge in [0.1, 0.15) is 29.8 Å². The molecule has 0 N–H and O–H groups in total. The van der Waals surface area contributed by atoms with Crippen LogP contribution in [0.5, 0.6) is 5.75 Å². The third-order valence-corrected chi connectivity index (χ3v) is 8.25. The van der Waals surface area contributed by atoms with Crippen molar-refractivity contribution in [1.82, 2.24) is 4.90 Å². The van der Waals surface area contributed by atoms with Gasteiger partial charge >= 0.3 is 5.97 Å². The van der Waals surface area contributed by atoms with Crippen molar-refractivity contribution in [2.75, 3.05) is 52.7 Å². The molecule has 0 atom stereocenters. The van der Waals surface area contributed by atoms with Crippen LogP contribution in [0.25, 0.3) is 16.7 Å². The molecule has 1 saturated heterocycles. The molecule has 252 valence electrons. The Morgan fingerprint density at radius 1 is 0.935 bits per heavy atom. The fourth-order valence-corrected chi connectivity index (χ4v) is 6.04. The lowest BCUT2D eigenvalue weighted by molar-refractivity contribution is -0.160. The second-order valence-electron chi connectivity index (χ2n) is 14.1. The summed E-state index contributed by atoms with van der Waals surface area (Å²) in [5.74, 6) is 1.48. The number of carbonyl (C=O) groups is 2. The van der Waals surface area contributed by atoms with Crippen molar-refractivity contribution in [2.24, 2.45) is 5.41 Å². The highest BCUT2D eigenvalue weighted by molar-refractivity contribution is 6.22. The molecule has 1 fully saturated rings. The van der Waals surface area contributed by atoms with Crippen molar-refractivity contribution in [1.29, 1.82) is 0 Å². The van der Waals surface area contributed by atoms with Gasteiger partial charge in [0.25, 0.3) is 0 Å². The lowest BCUT2D eigenvalue weighted by Gasteiger charge is -2.32. The van der Waals surface area contributed by atoms with E-state index >= 15 is 0 Å². The maximum Gasteiger partial charge on any atom is 0.332 e. The van der Waals surface area contributed by atoms with E-state index in [4.69, 9.17) is 23.7 Å². The van der Waals surface area contributed by atoms with Crippen molar-refractivity contribution < 1.29 is 33.3 Å². The summed E-state index contributed by atoms with van der Waals surface area (Å²) in [7, 11) is 0. The first-order valence-corrected chi connectivity index (χ1v) is 16.7. The molecule has 2 aliphatic rings. The molecule has 8 nitrogen and oxygen atoms in total. The van der Waals surface area contributed by atoms with E-state index in [1.54, 1.807) is 0 Å². The molecule has 1 aliphatic heterocycles. The van der Waals surface area contributed by atoms with Crippen molar-refractivity contribution in [3.63, 3.8) is 0 Å². The predicted molar refractivity (Wildman–Crippen MR) is 181 cm³/mol. The number of Topliss-reactive ketones (excluding diaryl/α,β-unsaturated/α-hetero) is 1. The number of likely N-dealkylation sites (tertiary alicyclic amines) is 1. The largest absolute Gasteiger partial charge is 0.497 e. The number of benzene rings is 2. The Kier molecular flexibility index (Phi) is 12.5. The number of rotatable bonds is 14. The Labute approximate surface area is 275 Å². The number of allylic oxidation sites excluding steroid dienone is 2. The number of hydrogen-bond acceptors (Lipinski definition) is 8. The zero-order valence-corrected chi connectivity index (χ0v) is 28.9. The van der Waals surface area contributed by atoms with Crippen molar-refractivity contribution in [3.8, 4) is 16.9 Å². The van der Waals surface area contributed by atoms with E-state index in [1.165, 1.54) is 0 Å². The minimum absolute atomic E-state index is 0.0567. The molecule has 0 amide bonds. The van der Waals surface area contributed by atoms with E-state index in [0.29, 0.717) is 32.8 Å². The first-order valence-electron chi connectivity index (χ1n) is 16.7. The summed E-state index contributed by atoms with van der Waals surface area (Å²) in [5.41, 5.74) is 4.33. The molecule has 8 heteroatoms. The number of aryl methyl sites for hydroxylation is 1. The monoisotopic (exact) mass is 635 g/mol. The molecule has 0 radical (unpaired) electrons. The van der Waals surface area contributed by atoms with E-state index in [2.05, 4.69) is 56.0 Å². The third-order valence-electron chi connectivity index (χ3n) is 8.25. The summed E-state index contributed by atoms with van der Waals surface area (Å²) in [4.78, 5) is 27.4. The molecule has 0 saturated carbocycles. The Balaban J connectivity index is 1.23. The van der Waals surface area contributed by atoms with Gasteiger partial charge in [-0.25, -0.2) is 4.79 Å². The molecule has 46 heavy (non-hydrogen) atoms. The number of carbonyl (C=O) groups excluding carboxylic acids is 2. The fourth-order valence-electron chi connectivity index (χ4n) is 6.04. The minimum atomic E-state index is -0.503. The van der Waals surface area contributed by atoms with E-state index in [9.17, 15) is 9.59 Å². The van der Waals surface area contributed by atoms with Gasteiger partial charge in [-0.2, -0.15) is 0 Å². The van der Waals surface area contributed by atoms with E-state index in [0.717, 1.165) is 78.2 Å². The molecule has 1 heterocycles. The van der Waals surface area contributed by atoms with E-state index in [-0.39, 0.29) is 29.9 Å². The van der Waals surface area contributed by atoms with Crippen molar-refractivity contribution in [2.45, 2.75) is 85.9 Å². The van der Waals surface area contributed by atoms with Crippen molar-refractivity contribution >= 4 is 17.3 Å². The summed E-state index contributed by atoms with van der Waals surface area (Å²) in [5, 5.41) is 0. The molecule has 0 spiro atoms. The lowest BCUT2D eigenvalue weighted by Crippen LogP contribution is -2.39. The Morgan fingerprint density at radius 2 is 1.61 bits per heavy atom. The van der Waals surface area contributed by atoms with Crippen LogP contribution in [0, 0.1) is 12.3 Å². The molecule has 0 bridgehead atoms. The standard InChI is InChI=1S/C38H53NO7/c1-8-44-34-25-38(6,7)24-33(40)36(34)32-23-29(10-9-27(32)2)28-11-13-30(14-12-28)45-31-15-17-39(18-16-31)19-20-42-21-22-43-26-35(41)46-37(3,4)5/h9-14,23,31H,8,15-22,24-26H2,1-7H3. The molecular formula is C38H53NO7. The van der Waals surface area contributed by atoms with Crippen LogP contribution in [0.2, 0.25) is 0 Å². The van der Waals surface area contributed by atoms with Gasteiger partial charge in [-0.3, -0.25) is 4.79 Å². The molecule has 2 aromatic rings. The van der Waals surface area contributed by atoms with Crippen LogP contribution >= 0.6 is 0 Å². The Morgan fingerprint density at radius 3 is 2.28 bits per heavy atom. The lowest BCUT2D eigenvalue weighted by atomic mass is 9.74. The average Bonchev–Trinajstić information content (AvgIpc) is 2.97. The van der Waals surface area contributed by atoms with Gasteiger partial charge in [0, 0.05) is 32.5 Å². The van der Waals surface area contributed by atoms with E-state index < -0.39 is 5.60 Å². The van der Waals surface area contributed by atoms with Crippen LogP contribution in [-0.4, -0.2) is 81.0 Å². The van der Waals surface area contributed by atoms with Gasteiger partial charge in [-0.05, 0) is 93.3 Å². The van der Waals surface area contributed by atoms with Crippen molar-refractivity contribution in [3.05, 3.63) is 59.4 Å². The summed E-state index contributed by atoms with van der Waals surface area (Å²) in [6.45, 7) is 18.5. The molecule has 1 aliphatic carbocycles. The first kappa shape index (κ1) is 35.7. The quantitative estimate of drug-likeness (QED) is 0.162. The second-order valence-corrected chi connectivity index (χ2v) is 14.1. The van der Waals surface area contributed by atoms with Crippen LogP contribution in [0.1, 0.15) is 78.4 Å². The van der Waals surface area contributed by atoms with Gasteiger partial charge in [-0.1, -0.05) is 38.1 Å². The fraction of sp³-hybridized carbons (Fsp3) is 0.579. The summed E-state index contributed by atoms with van der Waals surface area (Å²) in [6.07, 6.45) is 3.39. The van der Waals surface area contributed by atoms with Gasteiger partial charge in [0.05, 0.1) is 32.0 Å². The highest BCUT2D eigenvalue weighted by Gasteiger charge is 2.35. The van der Waals surface area contributed by atoms with Crippen LogP contribution < -0.4 is 4.74 Å². The molecule has 2 aromatic carbocycles. The van der Waals surface area contributed by atoms with Gasteiger partial charge in [0.15, 0.2) is 5.78 Å². The predicted octanol–water partition coefficient (Wildman–Crippen LogP) is 7.02. The Bertz CT molecular complexity index is 1350. The first-order chi connectivity index (χ1) is 21.8. The summed E-state index contributed by atoms with van der Waals surface area (Å²) >= 11 is 0. The average molecular weight is 636 g/mol. The normalized spacial score (nSPS) is 17.7.